The average molecular weight is 351 g/mol. The minimum Gasteiger partial charge on any atom is -0.347 e. The van der Waals surface area contributed by atoms with Crippen molar-refractivity contribution >= 4 is 28.8 Å². The molecule has 0 unspecified atom stereocenters. The lowest BCUT2D eigenvalue weighted by Gasteiger charge is -2.23. The van der Waals surface area contributed by atoms with Crippen LogP contribution in [0.25, 0.3) is 0 Å². The Balaban J connectivity index is 1.88. The molecular weight excluding hydrogens is 328 g/mol. The van der Waals surface area contributed by atoms with Gasteiger partial charge in [-0.2, -0.15) is 0 Å². The summed E-state index contributed by atoms with van der Waals surface area (Å²) in [6.45, 7) is 5.34. The summed E-state index contributed by atoms with van der Waals surface area (Å²) in [5, 5.41) is 5.93. The maximum Gasteiger partial charge on any atom is 0.234 e. The van der Waals surface area contributed by atoms with E-state index in [1.54, 1.807) is 11.3 Å². The molecule has 1 N–H and O–H groups in total. The molecule has 124 valence electrons. The Hall–Kier alpha value is -1.36. The summed E-state index contributed by atoms with van der Waals surface area (Å²) in [6, 6.07) is 11.9. The van der Waals surface area contributed by atoms with Crippen LogP contribution >= 0.6 is 22.9 Å². The molecule has 1 aromatic carbocycles. The van der Waals surface area contributed by atoms with E-state index in [0.29, 0.717) is 12.5 Å². The fraction of sp³-hybridized carbons (Fsp3) is 0.389. The number of carbonyl (C=O) groups is 1. The molecule has 0 spiro atoms. The largest absolute Gasteiger partial charge is 0.347 e. The predicted molar refractivity (Wildman–Crippen MR) is 97.8 cm³/mol. The van der Waals surface area contributed by atoms with Gasteiger partial charge in [0, 0.05) is 16.4 Å². The number of nitrogens with zero attached hydrogens (tertiary/aromatic N) is 1. The minimum absolute atomic E-state index is 0.0496. The normalized spacial score (nSPS) is 12.6. The van der Waals surface area contributed by atoms with Gasteiger partial charge in [-0.1, -0.05) is 43.6 Å². The van der Waals surface area contributed by atoms with Crippen molar-refractivity contribution in [2.24, 2.45) is 5.92 Å². The molecule has 2 aromatic rings. The number of amides is 1. The number of rotatable bonds is 7. The monoisotopic (exact) mass is 350 g/mol. The van der Waals surface area contributed by atoms with Crippen molar-refractivity contribution in [2.75, 3.05) is 13.6 Å². The molecule has 3 nitrogen and oxygen atoms in total. The van der Waals surface area contributed by atoms with E-state index >= 15 is 0 Å². The first kappa shape index (κ1) is 18.0. The molecule has 0 aliphatic rings. The summed E-state index contributed by atoms with van der Waals surface area (Å²) in [6.07, 6.45) is 0. The standard InChI is InChI=1S/C18H23ClN2OS/c1-13(2)18(16-5-4-10-23-16)20-17(22)12-21(3)11-14-6-8-15(19)9-7-14/h4-10,13,18H,11-12H2,1-3H3,(H,20,22)/t18-/m1/s1. The van der Waals surface area contributed by atoms with E-state index in [9.17, 15) is 4.79 Å². The molecule has 1 amide bonds. The van der Waals surface area contributed by atoms with Crippen molar-refractivity contribution in [1.82, 2.24) is 10.2 Å². The van der Waals surface area contributed by atoms with E-state index < -0.39 is 0 Å². The van der Waals surface area contributed by atoms with Crippen LogP contribution in [0.15, 0.2) is 41.8 Å². The van der Waals surface area contributed by atoms with Crippen molar-refractivity contribution < 1.29 is 4.79 Å². The van der Waals surface area contributed by atoms with E-state index in [0.717, 1.165) is 17.1 Å². The van der Waals surface area contributed by atoms with Crippen molar-refractivity contribution in [3.63, 3.8) is 0 Å². The first-order valence-corrected chi connectivity index (χ1v) is 8.97. The zero-order valence-electron chi connectivity index (χ0n) is 13.8. The van der Waals surface area contributed by atoms with Gasteiger partial charge in [0.05, 0.1) is 12.6 Å². The maximum absolute atomic E-state index is 12.3. The number of benzene rings is 1. The quantitative estimate of drug-likeness (QED) is 0.805. The van der Waals surface area contributed by atoms with E-state index in [4.69, 9.17) is 11.6 Å². The first-order valence-electron chi connectivity index (χ1n) is 7.71. The maximum atomic E-state index is 12.3. The van der Waals surface area contributed by atoms with Gasteiger partial charge in [0.2, 0.25) is 5.91 Å². The second-order valence-electron chi connectivity index (χ2n) is 6.10. The molecule has 0 fully saturated rings. The van der Waals surface area contributed by atoms with E-state index in [1.807, 2.05) is 47.7 Å². The smallest absolute Gasteiger partial charge is 0.234 e. The Labute approximate surface area is 147 Å². The fourth-order valence-corrected chi connectivity index (χ4v) is 3.53. The lowest BCUT2D eigenvalue weighted by molar-refractivity contribution is -0.123. The number of likely N-dealkylation sites (N-methyl/N-ethyl adjacent to an activating group) is 1. The SMILES string of the molecule is CC(C)[C@@H](NC(=O)CN(C)Cc1ccc(Cl)cc1)c1cccs1. The molecule has 23 heavy (non-hydrogen) atoms. The third kappa shape index (κ3) is 5.65. The summed E-state index contributed by atoms with van der Waals surface area (Å²) in [4.78, 5) is 15.5. The van der Waals surface area contributed by atoms with Crippen LogP contribution in [0.5, 0.6) is 0 Å². The summed E-state index contributed by atoms with van der Waals surface area (Å²) in [5.41, 5.74) is 1.14. The van der Waals surface area contributed by atoms with Crippen molar-refractivity contribution in [3.8, 4) is 0 Å². The van der Waals surface area contributed by atoms with Crippen LogP contribution in [0.4, 0.5) is 0 Å². The molecule has 0 saturated heterocycles. The molecule has 0 aliphatic heterocycles. The van der Waals surface area contributed by atoms with E-state index in [1.165, 1.54) is 4.88 Å². The second kappa shape index (κ2) is 8.48. The topological polar surface area (TPSA) is 32.3 Å². The Kier molecular flexibility index (Phi) is 6.63. The minimum atomic E-state index is 0.0496. The third-order valence-electron chi connectivity index (χ3n) is 3.61. The van der Waals surface area contributed by atoms with Crippen LogP contribution in [-0.2, 0) is 11.3 Å². The van der Waals surface area contributed by atoms with Gasteiger partial charge in [0.15, 0.2) is 0 Å². The molecule has 0 bridgehead atoms. The summed E-state index contributed by atoms with van der Waals surface area (Å²) < 4.78 is 0. The van der Waals surface area contributed by atoms with Gasteiger partial charge in [-0.05, 0) is 42.1 Å². The Morgan fingerprint density at radius 2 is 1.96 bits per heavy atom. The van der Waals surface area contributed by atoms with Crippen LogP contribution in [0, 0.1) is 5.92 Å². The van der Waals surface area contributed by atoms with Crippen LogP contribution in [-0.4, -0.2) is 24.4 Å². The van der Waals surface area contributed by atoms with Crippen LogP contribution in [0.2, 0.25) is 5.02 Å². The van der Waals surface area contributed by atoms with Crippen molar-refractivity contribution in [2.45, 2.75) is 26.4 Å². The lowest BCUT2D eigenvalue weighted by atomic mass is 10.0. The number of halogens is 1. The number of nitrogens with one attached hydrogen (secondary N) is 1. The molecule has 5 heteroatoms. The first-order chi connectivity index (χ1) is 11.0. The molecule has 0 aliphatic carbocycles. The van der Waals surface area contributed by atoms with Gasteiger partial charge in [-0.3, -0.25) is 9.69 Å². The molecule has 0 radical (unpaired) electrons. The highest BCUT2D eigenvalue weighted by atomic mass is 35.5. The highest BCUT2D eigenvalue weighted by Crippen LogP contribution is 2.25. The molecule has 1 aromatic heterocycles. The van der Waals surface area contributed by atoms with Crippen LogP contribution in [0.1, 0.15) is 30.3 Å². The van der Waals surface area contributed by atoms with Crippen LogP contribution < -0.4 is 5.32 Å². The average Bonchev–Trinajstić information content (AvgIpc) is 3.00. The molecule has 1 heterocycles. The zero-order chi connectivity index (χ0) is 16.8. The highest BCUT2D eigenvalue weighted by molar-refractivity contribution is 7.10. The lowest BCUT2D eigenvalue weighted by Crippen LogP contribution is -2.38. The van der Waals surface area contributed by atoms with Crippen molar-refractivity contribution in [1.29, 1.82) is 0 Å². The number of thiophene rings is 1. The Morgan fingerprint density at radius 3 is 2.52 bits per heavy atom. The van der Waals surface area contributed by atoms with Gasteiger partial charge >= 0.3 is 0 Å². The molecule has 1 atom stereocenters. The number of hydrogen-bond donors (Lipinski definition) is 1. The zero-order valence-corrected chi connectivity index (χ0v) is 15.3. The second-order valence-corrected chi connectivity index (χ2v) is 7.52. The number of hydrogen-bond acceptors (Lipinski definition) is 3. The van der Waals surface area contributed by atoms with Gasteiger partial charge in [-0.15, -0.1) is 11.3 Å². The predicted octanol–water partition coefficient (Wildman–Crippen LogP) is 4.35. The number of carbonyl (C=O) groups excluding carboxylic acids is 1. The third-order valence-corrected chi connectivity index (χ3v) is 4.82. The fourth-order valence-electron chi connectivity index (χ4n) is 2.46. The van der Waals surface area contributed by atoms with Crippen molar-refractivity contribution in [3.05, 3.63) is 57.2 Å². The van der Waals surface area contributed by atoms with Gasteiger partial charge in [0.1, 0.15) is 0 Å². The summed E-state index contributed by atoms with van der Waals surface area (Å²) in [5.74, 6) is 0.410. The van der Waals surface area contributed by atoms with E-state index in [-0.39, 0.29) is 11.9 Å². The highest BCUT2D eigenvalue weighted by Gasteiger charge is 2.19. The molecule has 2 rings (SSSR count). The van der Waals surface area contributed by atoms with Gasteiger partial charge in [0.25, 0.3) is 0 Å². The Morgan fingerprint density at radius 1 is 1.26 bits per heavy atom. The van der Waals surface area contributed by atoms with E-state index in [2.05, 4.69) is 25.2 Å². The van der Waals surface area contributed by atoms with Gasteiger partial charge in [-0.25, -0.2) is 0 Å². The molecule has 0 saturated carbocycles. The van der Waals surface area contributed by atoms with Gasteiger partial charge < -0.3 is 5.32 Å². The summed E-state index contributed by atoms with van der Waals surface area (Å²) >= 11 is 7.57. The Bertz CT molecular complexity index is 610. The summed E-state index contributed by atoms with van der Waals surface area (Å²) in [7, 11) is 1.95. The van der Waals surface area contributed by atoms with Crippen LogP contribution in [0.3, 0.4) is 0 Å². The molecular formula is C18H23ClN2OS.